The standard InChI is InChI=1S/C7H5Cl3O/c8-3-4-1-7(11)6(10)2-5(4)9/h1-2,11H,3H2. The Balaban J connectivity index is 3.21. The Morgan fingerprint density at radius 2 is 1.82 bits per heavy atom. The van der Waals surface area contributed by atoms with Crippen LogP contribution in [0.5, 0.6) is 5.75 Å². The minimum atomic E-state index is 0.00622. The van der Waals surface area contributed by atoms with E-state index < -0.39 is 0 Å². The van der Waals surface area contributed by atoms with Gasteiger partial charge in [-0.15, -0.1) is 11.6 Å². The average Bonchev–Trinajstić information content (AvgIpc) is 1.97. The normalized spacial score (nSPS) is 10.1. The third-order valence-corrected chi connectivity index (χ3v) is 2.20. The number of hydrogen-bond acceptors (Lipinski definition) is 1. The fourth-order valence-electron chi connectivity index (χ4n) is 0.683. The number of phenolic OH excluding ortho intramolecular Hbond substituents is 1. The highest BCUT2D eigenvalue weighted by atomic mass is 35.5. The zero-order valence-corrected chi connectivity index (χ0v) is 7.71. The van der Waals surface area contributed by atoms with E-state index in [2.05, 4.69) is 0 Å². The molecular formula is C7H5Cl3O. The first-order valence-corrected chi connectivity index (χ1v) is 4.17. The van der Waals surface area contributed by atoms with Crippen molar-refractivity contribution in [3.63, 3.8) is 0 Å². The van der Waals surface area contributed by atoms with Crippen LogP contribution in [0, 0.1) is 0 Å². The van der Waals surface area contributed by atoms with Crippen LogP contribution in [0.1, 0.15) is 5.56 Å². The van der Waals surface area contributed by atoms with Crippen molar-refractivity contribution in [2.75, 3.05) is 0 Å². The van der Waals surface area contributed by atoms with Crippen LogP contribution in [-0.2, 0) is 5.88 Å². The SMILES string of the molecule is Oc1cc(CCl)c(Cl)cc1Cl. The third-order valence-electron chi connectivity index (χ3n) is 1.26. The third kappa shape index (κ3) is 1.92. The molecule has 0 heterocycles. The van der Waals surface area contributed by atoms with E-state index >= 15 is 0 Å². The minimum absolute atomic E-state index is 0.00622. The van der Waals surface area contributed by atoms with Gasteiger partial charge in [0.1, 0.15) is 5.75 Å². The second-order valence-electron chi connectivity index (χ2n) is 2.03. The Morgan fingerprint density at radius 3 is 2.36 bits per heavy atom. The molecule has 1 aromatic carbocycles. The summed E-state index contributed by atoms with van der Waals surface area (Å²) in [6.07, 6.45) is 0. The molecule has 0 spiro atoms. The van der Waals surface area contributed by atoms with Crippen LogP contribution in [0.2, 0.25) is 10.0 Å². The van der Waals surface area contributed by atoms with Gasteiger partial charge in [-0.1, -0.05) is 23.2 Å². The van der Waals surface area contributed by atoms with Gasteiger partial charge in [-0.25, -0.2) is 0 Å². The van der Waals surface area contributed by atoms with E-state index in [0.717, 1.165) is 0 Å². The van der Waals surface area contributed by atoms with Gasteiger partial charge < -0.3 is 5.11 Å². The van der Waals surface area contributed by atoms with Gasteiger partial charge in [-0.3, -0.25) is 0 Å². The molecule has 0 saturated heterocycles. The van der Waals surface area contributed by atoms with Crippen LogP contribution in [0.4, 0.5) is 0 Å². The molecule has 1 nitrogen and oxygen atoms in total. The summed E-state index contributed by atoms with van der Waals surface area (Å²) in [6.45, 7) is 0. The fourth-order valence-corrected chi connectivity index (χ4v) is 1.42. The summed E-state index contributed by atoms with van der Waals surface area (Å²) in [5.41, 5.74) is 0.676. The van der Waals surface area contributed by atoms with Gasteiger partial charge >= 0.3 is 0 Å². The van der Waals surface area contributed by atoms with Crippen molar-refractivity contribution in [1.82, 2.24) is 0 Å². The summed E-state index contributed by atoms with van der Waals surface area (Å²) >= 11 is 16.8. The predicted molar refractivity (Wildman–Crippen MR) is 47.7 cm³/mol. The lowest BCUT2D eigenvalue weighted by Gasteiger charge is -2.01. The number of aromatic hydroxyl groups is 1. The van der Waals surface area contributed by atoms with Crippen molar-refractivity contribution in [2.24, 2.45) is 0 Å². The van der Waals surface area contributed by atoms with E-state index in [1.807, 2.05) is 0 Å². The van der Waals surface area contributed by atoms with Crippen LogP contribution in [0.15, 0.2) is 12.1 Å². The molecule has 0 unspecified atom stereocenters. The largest absolute Gasteiger partial charge is 0.506 e. The van der Waals surface area contributed by atoms with Crippen molar-refractivity contribution in [1.29, 1.82) is 0 Å². The maximum Gasteiger partial charge on any atom is 0.134 e. The second-order valence-corrected chi connectivity index (χ2v) is 3.11. The molecule has 1 N–H and O–H groups in total. The molecule has 0 fully saturated rings. The molecule has 4 heteroatoms. The van der Waals surface area contributed by atoms with E-state index in [0.29, 0.717) is 10.6 Å². The lowest BCUT2D eigenvalue weighted by Crippen LogP contribution is -1.80. The Kier molecular flexibility index (Phi) is 2.88. The molecular weight excluding hydrogens is 206 g/mol. The van der Waals surface area contributed by atoms with Crippen LogP contribution in [0.25, 0.3) is 0 Å². The second kappa shape index (κ2) is 3.53. The number of benzene rings is 1. The van der Waals surface area contributed by atoms with Crippen molar-refractivity contribution >= 4 is 34.8 Å². The van der Waals surface area contributed by atoms with E-state index in [-0.39, 0.29) is 16.7 Å². The Morgan fingerprint density at radius 1 is 1.18 bits per heavy atom. The molecule has 0 bridgehead atoms. The first-order valence-electron chi connectivity index (χ1n) is 2.88. The van der Waals surface area contributed by atoms with Crippen molar-refractivity contribution in [3.8, 4) is 5.75 Å². The van der Waals surface area contributed by atoms with Crippen LogP contribution < -0.4 is 0 Å². The van der Waals surface area contributed by atoms with Crippen LogP contribution in [0.3, 0.4) is 0 Å². The Hall–Kier alpha value is -0.110. The van der Waals surface area contributed by atoms with Gasteiger partial charge in [-0.05, 0) is 17.7 Å². The summed E-state index contributed by atoms with van der Waals surface area (Å²) in [4.78, 5) is 0. The summed E-state index contributed by atoms with van der Waals surface area (Å²) in [7, 11) is 0. The molecule has 0 aliphatic carbocycles. The van der Waals surface area contributed by atoms with Crippen LogP contribution in [-0.4, -0.2) is 5.11 Å². The first-order chi connectivity index (χ1) is 5.15. The van der Waals surface area contributed by atoms with Crippen molar-refractivity contribution in [2.45, 2.75) is 5.88 Å². The smallest absolute Gasteiger partial charge is 0.134 e. The van der Waals surface area contributed by atoms with Gasteiger partial charge in [0, 0.05) is 10.9 Å². The Labute approximate surface area is 79.5 Å². The van der Waals surface area contributed by atoms with E-state index in [4.69, 9.17) is 39.9 Å². The molecule has 60 valence electrons. The summed E-state index contributed by atoms with van der Waals surface area (Å²) in [5.74, 6) is 0.274. The maximum atomic E-state index is 9.11. The van der Waals surface area contributed by atoms with Gasteiger partial charge in [0.15, 0.2) is 0 Å². The zero-order chi connectivity index (χ0) is 8.43. The highest BCUT2D eigenvalue weighted by Gasteiger charge is 2.04. The highest BCUT2D eigenvalue weighted by molar-refractivity contribution is 6.36. The maximum absolute atomic E-state index is 9.11. The average molecular weight is 211 g/mol. The van der Waals surface area contributed by atoms with E-state index in [1.165, 1.54) is 12.1 Å². The first kappa shape index (κ1) is 8.98. The Bertz CT molecular complexity index is 273. The van der Waals surface area contributed by atoms with Crippen molar-refractivity contribution < 1.29 is 5.11 Å². The fraction of sp³-hybridized carbons (Fsp3) is 0.143. The molecule has 1 aromatic rings. The van der Waals surface area contributed by atoms with E-state index in [9.17, 15) is 0 Å². The minimum Gasteiger partial charge on any atom is -0.506 e. The quantitative estimate of drug-likeness (QED) is 0.706. The summed E-state index contributed by atoms with van der Waals surface area (Å²) in [5, 5.41) is 9.82. The number of phenols is 1. The number of rotatable bonds is 1. The topological polar surface area (TPSA) is 20.2 Å². The predicted octanol–water partition coefficient (Wildman–Crippen LogP) is 3.44. The molecule has 1 rings (SSSR count). The molecule has 0 atom stereocenters. The highest BCUT2D eigenvalue weighted by Crippen LogP contribution is 2.30. The van der Waals surface area contributed by atoms with Gasteiger partial charge in [-0.2, -0.15) is 0 Å². The molecule has 0 saturated carbocycles. The molecule has 11 heavy (non-hydrogen) atoms. The zero-order valence-electron chi connectivity index (χ0n) is 5.44. The number of halogens is 3. The van der Waals surface area contributed by atoms with Gasteiger partial charge in [0.2, 0.25) is 0 Å². The number of hydrogen-bond donors (Lipinski definition) is 1. The molecule has 0 amide bonds. The summed E-state index contributed by atoms with van der Waals surface area (Å²) in [6, 6.07) is 2.92. The lowest BCUT2D eigenvalue weighted by molar-refractivity contribution is 0.475. The van der Waals surface area contributed by atoms with Gasteiger partial charge in [0.05, 0.1) is 5.02 Å². The molecule has 0 aliphatic heterocycles. The monoisotopic (exact) mass is 210 g/mol. The molecule has 0 aromatic heterocycles. The van der Waals surface area contributed by atoms with E-state index in [1.54, 1.807) is 0 Å². The molecule has 0 radical (unpaired) electrons. The molecule has 0 aliphatic rings. The van der Waals surface area contributed by atoms with Crippen LogP contribution >= 0.6 is 34.8 Å². The van der Waals surface area contributed by atoms with Gasteiger partial charge in [0.25, 0.3) is 0 Å². The van der Waals surface area contributed by atoms with Crippen molar-refractivity contribution in [3.05, 3.63) is 27.7 Å². The summed E-state index contributed by atoms with van der Waals surface area (Å²) < 4.78 is 0. The number of alkyl halides is 1. The lowest BCUT2D eigenvalue weighted by atomic mass is 10.2.